The van der Waals surface area contributed by atoms with E-state index in [1.54, 1.807) is 4.31 Å². The van der Waals surface area contributed by atoms with Crippen molar-refractivity contribution in [3.05, 3.63) is 30.0 Å². The number of benzene rings is 1. The van der Waals surface area contributed by atoms with Gasteiger partial charge in [-0.3, -0.25) is 0 Å². The Labute approximate surface area is 132 Å². The number of aryl methyl sites for hydroxylation is 1. The standard InChI is InChI=1S/C16H23N3O2S/c1-12-16(14-8-4-5-9-15(14)18(12)3)22(20,21)19-10-6-7-13(11-19)17-2/h4-5,8-9,13,17H,6-7,10-11H2,1-3H3. The molecule has 2 aromatic rings. The molecule has 120 valence electrons. The van der Waals surface area contributed by atoms with Crippen LogP contribution in [0.1, 0.15) is 18.5 Å². The van der Waals surface area contributed by atoms with Gasteiger partial charge in [0, 0.05) is 42.8 Å². The summed E-state index contributed by atoms with van der Waals surface area (Å²) >= 11 is 0. The highest BCUT2D eigenvalue weighted by Gasteiger charge is 2.33. The van der Waals surface area contributed by atoms with Gasteiger partial charge in [-0.2, -0.15) is 4.31 Å². The quantitative estimate of drug-likeness (QED) is 0.939. The number of likely N-dealkylation sites (N-methyl/N-ethyl adjacent to an activating group) is 1. The Kier molecular flexibility index (Phi) is 4.01. The fraction of sp³-hybridized carbons (Fsp3) is 0.500. The number of piperidine rings is 1. The lowest BCUT2D eigenvalue weighted by Crippen LogP contribution is -2.46. The minimum absolute atomic E-state index is 0.235. The first-order valence-corrected chi connectivity index (χ1v) is 9.12. The van der Waals surface area contributed by atoms with Crippen LogP contribution < -0.4 is 5.32 Å². The normalized spacial score (nSPS) is 20.6. The van der Waals surface area contributed by atoms with Gasteiger partial charge in [-0.25, -0.2) is 8.42 Å². The molecule has 0 saturated carbocycles. The van der Waals surface area contributed by atoms with Gasteiger partial charge in [0.05, 0.1) is 0 Å². The van der Waals surface area contributed by atoms with E-state index in [9.17, 15) is 8.42 Å². The van der Waals surface area contributed by atoms with Gasteiger partial charge in [0.1, 0.15) is 4.90 Å². The Bertz CT molecular complexity index is 795. The first-order valence-electron chi connectivity index (χ1n) is 7.68. The molecule has 3 rings (SSSR count). The summed E-state index contributed by atoms with van der Waals surface area (Å²) in [4.78, 5) is 0.461. The fourth-order valence-electron chi connectivity index (χ4n) is 3.34. The van der Waals surface area contributed by atoms with Crippen LogP contribution in [-0.4, -0.2) is 43.5 Å². The zero-order valence-corrected chi connectivity index (χ0v) is 14.2. The molecule has 2 heterocycles. The molecule has 1 aromatic heterocycles. The van der Waals surface area contributed by atoms with E-state index < -0.39 is 10.0 Å². The van der Waals surface area contributed by atoms with E-state index in [0.29, 0.717) is 18.0 Å². The topological polar surface area (TPSA) is 54.3 Å². The van der Waals surface area contributed by atoms with Gasteiger partial charge in [0.25, 0.3) is 0 Å². The molecule has 1 fully saturated rings. The first kappa shape index (κ1) is 15.5. The fourth-order valence-corrected chi connectivity index (χ4v) is 5.30. The van der Waals surface area contributed by atoms with Crippen LogP contribution in [0.25, 0.3) is 10.9 Å². The molecule has 0 aliphatic carbocycles. The predicted molar refractivity (Wildman–Crippen MR) is 88.5 cm³/mol. The lowest BCUT2D eigenvalue weighted by Gasteiger charge is -2.31. The molecule has 1 N–H and O–H groups in total. The number of hydrogen-bond donors (Lipinski definition) is 1. The Hall–Kier alpha value is -1.37. The van der Waals surface area contributed by atoms with Crippen molar-refractivity contribution in [2.45, 2.75) is 30.7 Å². The molecule has 0 amide bonds. The second kappa shape index (κ2) is 5.68. The molecule has 1 aromatic carbocycles. The third kappa shape index (κ3) is 2.35. The van der Waals surface area contributed by atoms with Crippen LogP contribution in [0.15, 0.2) is 29.2 Å². The van der Waals surface area contributed by atoms with Crippen LogP contribution in [0.3, 0.4) is 0 Å². The average molecular weight is 321 g/mol. The van der Waals surface area contributed by atoms with Crippen molar-refractivity contribution in [2.75, 3.05) is 20.1 Å². The summed E-state index contributed by atoms with van der Waals surface area (Å²) in [5.74, 6) is 0. The van der Waals surface area contributed by atoms with Crippen molar-refractivity contribution >= 4 is 20.9 Å². The van der Waals surface area contributed by atoms with E-state index in [1.165, 1.54) is 0 Å². The van der Waals surface area contributed by atoms with E-state index in [1.807, 2.05) is 49.9 Å². The van der Waals surface area contributed by atoms with Gasteiger partial charge in [-0.05, 0) is 32.9 Å². The summed E-state index contributed by atoms with van der Waals surface area (Å²) < 4.78 is 30.0. The third-order valence-corrected chi connectivity index (χ3v) is 6.77. The molecule has 22 heavy (non-hydrogen) atoms. The lowest BCUT2D eigenvalue weighted by molar-refractivity contribution is 0.293. The zero-order chi connectivity index (χ0) is 15.9. The number of sulfonamides is 1. The molecular weight excluding hydrogens is 298 g/mol. The summed E-state index contributed by atoms with van der Waals surface area (Å²) in [6.07, 6.45) is 1.92. The molecule has 1 atom stereocenters. The van der Waals surface area contributed by atoms with E-state index in [-0.39, 0.29) is 6.04 Å². The van der Waals surface area contributed by atoms with Crippen molar-refractivity contribution in [1.29, 1.82) is 0 Å². The Morgan fingerprint density at radius 2 is 2.00 bits per heavy atom. The molecule has 5 nitrogen and oxygen atoms in total. The number of nitrogens with zero attached hydrogens (tertiary/aromatic N) is 2. The van der Waals surface area contributed by atoms with Crippen molar-refractivity contribution < 1.29 is 8.42 Å². The maximum absolute atomic E-state index is 13.2. The molecule has 0 radical (unpaired) electrons. The number of hydrogen-bond acceptors (Lipinski definition) is 3. The number of aromatic nitrogens is 1. The molecule has 1 aliphatic rings. The van der Waals surface area contributed by atoms with Crippen molar-refractivity contribution in [3.8, 4) is 0 Å². The molecule has 1 saturated heterocycles. The van der Waals surface area contributed by atoms with Crippen LogP contribution in [0.4, 0.5) is 0 Å². The van der Waals surface area contributed by atoms with Gasteiger partial charge in [-0.1, -0.05) is 18.2 Å². The number of fused-ring (bicyclic) bond motifs is 1. The Morgan fingerprint density at radius 3 is 2.73 bits per heavy atom. The number of rotatable bonds is 3. The second-order valence-corrected chi connectivity index (χ2v) is 7.86. The van der Waals surface area contributed by atoms with Gasteiger partial charge >= 0.3 is 0 Å². The molecule has 6 heteroatoms. The van der Waals surface area contributed by atoms with Gasteiger partial charge in [0.2, 0.25) is 10.0 Å². The maximum atomic E-state index is 13.2. The third-order valence-electron chi connectivity index (χ3n) is 4.73. The van der Waals surface area contributed by atoms with Crippen LogP contribution in [-0.2, 0) is 17.1 Å². The van der Waals surface area contributed by atoms with Gasteiger partial charge < -0.3 is 9.88 Å². The van der Waals surface area contributed by atoms with E-state index in [4.69, 9.17) is 0 Å². The minimum atomic E-state index is -3.47. The molecule has 0 bridgehead atoms. The minimum Gasteiger partial charge on any atom is -0.347 e. The molecule has 1 aliphatic heterocycles. The van der Waals surface area contributed by atoms with Crippen LogP contribution in [0.2, 0.25) is 0 Å². The first-order chi connectivity index (χ1) is 10.5. The second-order valence-electron chi connectivity index (χ2n) is 5.98. The summed E-state index contributed by atoms with van der Waals surface area (Å²) in [5.41, 5.74) is 1.76. The highest BCUT2D eigenvalue weighted by Crippen LogP contribution is 2.32. The maximum Gasteiger partial charge on any atom is 0.245 e. The van der Waals surface area contributed by atoms with Crippen molar-refractivity contribution in [2.24, 2.45) is 7.05 Å². The van der Waals surface area contributed by atoms with Crippen molar-refractivity contribution in [1.82, 2.24) is 14.2 Å². The highest BCUT2D eigenvalue weighted by atomic mass is 32.2. The summed E-state index contributed by atoms with van der Waals surface area (Å²) in [6, 6.07) is 7.94. The number of nitrogens with one attached hydrogen (secondary N) is 1. The van der Waals surface area contributed by atoms with Gasteiger partial charge in [-0.15, -0.1) is 0 Å². The molecule has 0 spiro atoms. The zero-order valence-electron chi connectivity index (χ0n) is 13.3. The van der Waals surface area contributed by atoms with Crippen molar-refractivity contribution in [3.63, 3.8) is 0 Å². The SMILES string of the molecule is CNC1CCCN(S(=O)(=O)c2c(C)n(C)c3ccccc23)C1. The average Bonchev–Trinajstić information content (AvgIpc) is 2.80. The molecular formula is C16H23N3O2S. The van der Waals surface area contributed by atoms with Crippen LogP contribution in [0.5, 0.6) is 0 Å². The van der Waals surface area contributed by atoms with E-state index >= 15 is 0 Å². The van der Waals surface area contributed by atoms with Crippen LogP contribution >= 0.6 is 0 Å². The smallest absolute Gasteiger partial charge is 0.245 e. The Morgan fingerprint density at radius 1 is 1.27 bits per heavy atom. The lowest BCUT2D eigenvalue weighted by atomic mass is 10.1. The summed E-state index contributed by atoms with van der Waals surface area (Å²) in [7, 11) is 0.344. The molecule has 1 unspecified atom stereocenters. The summed E-state index contributed by atoms with van der Waals surface area (Å²) in [5, 5.41) is 4.02. The largest absolute Gasteiger partial charge is 0.347 e. The monoisotopic (exact) mass is 321 g/mol. The predicted octanol–water partition coefficient (Wildman–Crippen LogP) is 1.86. The van der Waals surface area contributed by atoms with Crippen LogP contribution in [0, 0.1) is 6.92 Å². The van der Waals surface area contributed by atoms with E-state index in [2.05, 4.69) is 5.32 Å². The summed E-state index contributed by atoms with van der Waals surface area (Å²) in [6.45, 7) is 3.02. The highest BCUT2D eigenvalue weighted by molar-refractivity contribution is 7.89. The Balaban J connectivity index is 2.12. The van der Waals surface area contributed by atoms with E-state index in [0.717, 1.165) is 29.4 Å². The van der Waals surface area contributed by atoms with Gasteiger partial charge in [0.15, 0.2) is 0 Å². The number of para-hydroxylation sites is 1.